The maximum absolute atomic E-state index is 12.4. The van der Waals surface area contributed by atoms with Crippen molar-refractivity contribution >= 4 is 27.4 Å². The van der Waals surface area contributed by atoms with Crippen LogP contribution in [0.4, 0.5) is 11.6 Å². The summed E-state index contributed by atoms with van der Waals surface area (Å²) in [4.78, 5) is 17.9. The van der Waals surface area contributed by atoms with Crippen LogP contribution in [0.5, 0.6) is 0 Å². The van der Waals surface area contributed by atoms with Gasteiger partial charge in [-0.1, -0.05) is 12.1 Å². The predicted octanol–water partition coefficient (Wildman–Crippen LogP) is 1.45. The van der Waals surface area contributed by atoms with Crippen LogP contribution in [0.25, 0.3) is 5.78 Å². The highest BCUT2D eigenvalue weighted by atomic mass is 32.2. The molecule has 11 heteroatoms. The standard InChI is InChI=1S/C13H12N6O4S/c1-8-7-9(2)18-13(14-8)15-12(16-18)17-24(22,23)11-6-4-3-5-10(11)19(20)21/h3-7H,1-2H3,(H,16,17). The zero-order valence-corrected chi connectivity index (χ0v) is 13.5. The molecule has 0 aliphatic heterocycles. The molecule has 0 aliphatic rings. The van der Waals surface area contributed by atoms with E-state index in [1.54, 1.807) is 19.9 Å². The predicted molar refractivity (Wildman–Crippen MR) is 84.2 cm³/mol. The number of para-hydroxylation sites is 1. The minimum Gasteiger partial charge on any atom is -0.258 e. The third-order valence-corrected chi connectivity index (χ3v) is 4.57. The molecule has 3 aromatic rings. The summed E-state index contributed by atoms with van der Waals surface area (Å²) in [7, 11) is -4.22. The molecule has 2 heterocycles. The summed E-state index contributed by atoms with van der Waals surface area (Å²) < 4.78 is 28.4. The molecule has 1 aromatic carbocycles. The number of nitro benzene ring substituents is 1. The fourth-order valence-corrected chi connectivity index (χ4v) is 3.33. The summed E-state index contributed by atoms with van der Waals surface area (Å²) in [5, 5.41) is 15.0. The van der Waals surface area contributed by atoms with Crippen LogP contribution in [-0.2, 0) is 10.0 Å². The number of hydrogen-bond donors (Lipinski definition) is 1. The van der Waals surface area contributed by atoms with Crippen LogP contribution >= 0.6 is 0 Å². The summed E-state index contributed by atoms with van der Waals surface area (Å²) in [6, 6.07) is 6.80. The number of aromatic nitrogens is 4. The molecular weight excluding hydrogens is 336 g/mol. The third kappa shape index (κ3) is 2.76. The smallest absolute Gasteiger partial charge is 0.258 e. The average molecular weight is 348 g/mol. The molecule has 3 rings (SSSR count). The van der Waals surface area contributed by atoms with Gasteiger partial charge in [0, 0.05) is 17.5 Å². The first-order valence-corrected chi connectivity index (χ1v) is 8.23. The lowest BCUT2D eigenvalue weighted by Crippen LogP contribution is -2.15. The lowest BCUT2D eigenvalue weighted by atomic mass is 10.3. The Labute approximate surface area is 136 Å². The van der Waals surface area contributed by atoms with Gasteiger partial charge in [-0.3, -0.25) is 10.1 Å². The molecule has 124 valence electrons. The van der Waals surface area contributed by atoms with E-state index >= 15 is 0 Å². The number of hydrogen-bond acceptors (Lipinski definition) is 7. The maximum Gasteiger partial charge on any atom is 0.289 e. The van der Waals surface area contributed by atoms with E-state index in [1.165, 1.54) is 16.6 Å². The Hall–Kier alpha value is -3.08. The lowest BCUT2D eigenvalue weighted by Gasteiger charge is -2.04. The molecule has 0 atom stereocenters. The Morgan fingerprint density at radius 3 is 2.62 bits per heavy atom. The summed E-state index contributed by atoms with van der Waals surface area (Å²) in [6.45, 7) is 3.55. The van der Waals surface area contributed by atoms with Crippen molar-refractivity contribution in [2.24, 2.45) is 0 Å². The molecule has 24 heavy (non-hydrogen) atoms. The van der Waals surface area contributed by atoms with Gasteiger partial charge in [0.25, 0.3) is 27.4 Å². The zero-order chi connectivity index (χ0) is 17.5. The van der Waals surface area contributed by atoms with E-state index in [4.69, 9.17) is 0 Å². The fourth-order valence-electron chi connectivity index (χ4n) is 2.22. The molecular formula is C13H12N6O4S. The Morgan fingerprint density at radius 1 is 1.21 bits per heavy atom. The van der Waals surface area contributed by atoms with E-state index in [2.05, 4.69) is 19.8 Å². The maximum atomic E-state index is 12.4. The van der Waals surface area contributed by atoms with E-state index in [0.29, 0.717) is 5.69 Å². The lowest BCUT2D eigenvalue weighted by molar-refractivity contribution is -0.387. The molecule has 0 bridgehead atoms. The van der Waals surface area contributed by atoms with E-state index in [0.717, 1.165) is 17.8 Å². The number of rotatable bonds is 4. The number of anilines is 1. The highest BCUT2D eigenvalue weighted by Gasteiger charge is 2.26. The number of sulfonamides is 1. The first-order chi connectivity index (χ1) is 11.3. The minimum atomic E-state index is -4.22. The summed E-state index contributed by atoms with van der Waals surface area (Å²) in [6.07, 6.45) is 0. The van der Waals surface area contributed by atoms with E-state index in [9.17, 15) is 18.5 Å². The fraction of sp³-hybridized carbons (Fsp3) is 0.154. The van der Waals surface area contributed by atoms with Crippen molar-refractivity contribution in [3.8, 4) is 0 Å². The molecule has 0 fully saturated rings. The van der Waals surface area contributed by atoms with Crippen molar-refractivity contribution in [3.63, 3.8) is 0 Å². The molecule has 0 saturated heterocycles. The second-order valence-electron chi connectivity index (χ2n) is 5.02. The number of fused-ring (bicyclic) bond motifs is 1. The van der Waals surface area contributed by atoms with E-state index < -0.39 is 25.5 Å². The Balaban J connectivity index is 2.05. The SMILES string of the molecule is Cc1cc(C)n2nc(NS(=O)(=O)c3ccccc3[N+](=O)[O-])nc2n1. The number of benzene rings is 1. The highest BCUT2D eigenvalue weighted by molar-refractivity contribution is 7.92. The van der Waals surface area contributed by atoms with Crippen LogP contribution in [-0.4, -0.2) is 32.9 Å². The van der Waals surface area contributed by atoms with E-state index in [1.807, 2.05) is 0 Å². The van der Waals surface area contributed by atoms with Gasteiger partial charge in [-0.2, -0.15) is 9.50 Å². The number of nitrogens with zero attached hydrogens (tertiary/aromatic N) is 5. The molecule has 0 unspecified atom stereocenters. The van der Waals surface area contributed by atoms with Gasteiger partial charge in [-0.25, -0.2) is 18.1 Å². The van der Waals surface area contributed by atoms with Crippen molar-refractivity contribution in [3.05, 3.63) is 51.8 Å². The van der Waals surface area contributed by atoms with Crippen molar-refractivity contribution in [1.29, 1.82) is 0 Å². The number of nitrogens with one attached hydrogen (secondary N) is 1. The van der Waals surface area contributed by atoms with E-state index in [-0.39, 0.29) is 11.7 Å². The topological polar surface area (TPSA) is 132 Å². The highest BCUT2D eigenvalue weighted by Crippen LogP contribution is 2.24. The molecule has 0 aliphatic carbocycles. The van der Waals surface area contributed by atoms with Crippen molar-refractivity contribution in [1.82, 2.24) is 19.6 Å². The molecule has 2 aromatic heterocycles. The average Bonchev–Trinajstić information content (AvgIpc) is 2.89. The van der Waals surface area contributed by atoms with Gasteiger partial charge in [0.05, 0.1) is 4.92 Å². The number of aryl methyl sites for hydroxylation is 2. The van der Waals surface area contributed by atoms with Crippen molar-refractivity contribution in [2.45, 2.75) is 18.7 Å². The monoisotopic (exact) mass is 348 g/mol. The van der Waals surface area contributed by atoms with Gasteiger partial charge in [0.2, 0.25) is 0 Å². The number of nitro groups is 1. The van der Waals surface area contributed by atoms with Gasteiger partial charge in [0.15, 0.2) is 4.90 Å². The van der Waals surface area contributed by atoms with Crippen LogP contribution in [0, 0.1) is 24.0 Å². The third-order valence-electron chi connectivity index (χ3n) is 3.20. The molecule has 0 radical (unpaired) electrons. The Kier molecular flexibility index (Phi) is 3.64. The Morgan fingerprint density at radius 2 is 1.92 bits per heavy atom. The minimum absolute atomic E-state index is 0.214. The molecule has 0 saturated carbocycles. The van der Waals surface area contributed by atoms with Gasteiger partial charge >= 0.3 is 0 Å². The van der Waals surface area contributed by atoms with Gasteiger partial charge in [0.1, 0.15) is 0 Å². The summed E-state index contributed by atoms with van der Waals surface area (Å²) in [5.74, 6) is 0.0158. The largest absolute Gasteiger partial charge is 0.289 e. The molecule has 10 nitrogen and oxygen atoms in total. The van der Waals surface area contributed by atoms with Gasteiger partial charge in [-0.05, 0) is 26.0 Å². The summed E-state index contributed by atoms with van der Waals surface area (Å²) in [5.41, 5.74) is 0.903. The van der Waals surface area contributed by atoms with Crippen LogP contribution in [0.3, 0.4) is 0 Å². The van der Waals surface area contributed by atoms with Crippen molar-refractivity contribution in [2.75, 3.05) is 4.72 Å². The van der Waals surface area contributed by atoms with Gasteiger partial charge < -0.3 is 0 Å². The molecule has 1 N–H and O–H groups in total. The Bertz CT molecular complexity index is 1060. The van der Waals surface area contributed by atoms with Crippen molar-refractivity contribution < 1.29 is 13.3 Å². The van der Waals surface area contributed by atoms with Crippen LogP contribution in [0.15, 0.2) is 35.2 Å². The second kappa shape index (κ2) is 5.53. The molecule has 0 spiro atoms. The van der Waals surface area contributed by atoms with Crippen LogP contribution < -0.4 is 4.72 Å². The van der Waals surface area contributed by atoms with Crippen LogP contribution in [0.1, 0.15) is 11.4 Å². The zero-order valence-electron chi connectivity index (χ0n) is 12.7. The first-order valence-electron chi connectivity index (χ1n) is 6.75. The normalized spacial score (nSPS) is 11.6. The van der Waals surface area contributed by atoms with Crippen LogP contribution in [0.2, 0.25) is 0 Å². The van der Waals surface area contributed by atoms with Gasteiger partial charge in [-0.15, -0.1) is 5.10 Å². The second-order valence-corrected chi connectivity index (χ2v) is 6.67. The summed E-state index contributed by atoms with van der Waals surface area (Å²) >= 11 is 0. The quantitative estimate of drug-likeness (QED) is 0.557. The molecule has 0 amide bonds. The first kappa shape index (κ1) is 15.8.